The largest absolute Gasteiger partial charge is 0.501 e. The van der Waals surface area contributed by atoms with Crippen LogP contribution < -0.4 is 10.9 Å². The molecule has 1 aliphatic heterocycles. The van der Waals surface area contributed by atoms with E-state index in [1.54, 1.807) is 0 Å². The molecule has 0 bridgehead atoms. The number of amides is 2. The summed E-state index contributed by atoms with van der Waals surface area (Å²) in [6, 6.07) is 4.38. The van der Waals surface area contributed by atoms with Gasteiger partial charge in [-0.05, 0) is 17.7 Å². The van der Waals surface area contributed by atoms with Crippen LogP contribution in [-0.2, 0) is 6.54 Å². The molecule has 0 saturated carbocycles. The third kappa shape index (κ3) is 3.93. The summed E-state index contributed by atoms with van der Waals surface area (Å²) in [7, 11) is 0. The number of aromatic amines is 1. The van der Waals surface area contributed by atoms with Crippen LogP contribution >= 0.6 is 0 Å². The molecule has 0 aliphatic carbocycles. The zero-order valence-corrected chi connectivity index (χ0v) is 14.4. The highest BCUT2D eigenvalue weighted by atomic mass is 19.1. The number of likely N-dealkylation sites (tertiary alicyclic amines) is 1. The minimum absolute atomic E-state index is 0.00818. The van der Waals surface area contributed by atoms with Gasteiger partial charge in [0.05, 0.1) is 18.7 Å². The fourth-order valence-electron chi connectivity index (χ4n) is 2.95. The third-order valence-corrected chi connectivity index (χ3v) is 4.33. The molecule has 3 rings (SSSR count). The number of hydrogen-bond donors (Lipinski definition) is 5. The third-order valence-electron chi connectivity index (χ3n) is 4.33. The number of benzene rings is 1. The van der Waals surface area contributed by atoms with E-state index in [0.29, 0.717) is 5.56 Å². The molecule has 1 fully saturated rings. The van der Waals surface area contributed by atoms with Crippen LogP contribution in [0.25, 0.3) is 0 Å². The van der Waals surface area contributed by atoms with E-state index in [9.17, 15) is 34.1 Å². The maximum absolute atomic E-state index is 12.9. The molecule has 1 aromatic heterocycles. The lowest BCUT2D eigenvalue weighted by Crippen LogP contribution is -2.33. The number of aromatic nitrogens is 2. The first-order valence-electron chi connectivity index (χ1n) is 8.29. The highest BCUT2D eigenvalue weighted by Crippen LogP contribution is 2.30. The molecule has 0 radical (unpaired) electrons. The summed E-state index contributed by atoms with van der Waals surface area (Å²) in [4.78, 5) is 42.7. The van der Waals surface area contributed by atoms with Gasteiger partial charge < -0.3 is 25.6 Å². The summed E-state index contributed by atoms with van der Waals surface area (Å²) in [6.07, 6.45) is -2.29. The smallest absolute Gasteiger partial charge is 0.408 e. The van der Waals surface area contributed by atoms with Crippen molar-refractivity contribution in [3.63, 3.8) is 0 Å². The molecule has 2 atom stereocenters. The monoisotopic (exact) mass is 392 g/mol. The van der Waals surface area contributed by atoms with Gasteiger partial charge in [0.15, 0.2) is 5.69 Å². The number of aromatic hydroxyl groups is 1. The van der Waals surface area contributed by atoms with Crippen molar-refractivity contribution in [3.05, 3.63) is 57.5 Å². The Balaban J connectivity index is 1.84. The van der Waals surface area contributed by atoms with E-state index in [1.807, 2.05) is 0 Å². The van der Waals surface area contributed by atoms with Crippen molar-refractivity contribution in [3.8, 4) is 5.75 Å². The molecule has 1 saturated heterocycles. The molecule has 0 unspecified atom stereocenters. The van der Waals surface area contributed by atoms with E-state index in [-0.39, 0.29) is 25.3 Å². The SMILES string of the molecule is O=C(NCc1ccc(F)cc1)c1nc([C@@H]2C[C@@H](O)CN2C(=O)O)[nH]c(=O)c1O. The lowest BCUT2D eigenvalue weighted by Gasteiger charge is -2.20. The van der Waals surface area contributed by atoms with Crippen molar-refractivity contribution in [1.82, 2.24) is 20.2 Å². The fraction of sp³-hybridized carbons (Fsp3) is 0.294. The van der Waals surface area contributed by atoms with Gasteiger partial charge in [0.2, 0.25) is 5.75 Å². The summed E-state index contributed by atoms with van der Waals surface area (Å²) in [6.45, 7) is -0.178. The Morgan fingerprint density at radius 1 is 1.32 bits per heavy atom. The predicted molar refractivity (Wildman–Crippen MR) is 92.2 cm³/mol. The quantitative estimate of drug-likeness (QED) is 0.502. The van der Waals surface area contributed by atoms with E-state index >= 15 is 0 Å². The maximum Gasteiger partial charge on any atom is 0.408 e. The molecule has 10 nitrogen and oxygen atoms in total. The van der Waals surface area contributed by atoms with Gasteiger partial charge >= 0.3 is 6.09 Å². The Hall–Kier alpha value is -3.47. The maximum atomic E-state index is 12.9. The number of rotatable bonds is 4. The average molecular weight is 392 g/mol. The Labute approximate surface area is 157 Å². The van der Waals surface area contributed by atoms with Gasteiger partial charge in [-0.3, -0.25) is 14.5 Å². The standard InChI is InChI=1S/C17H17FN4O6/c18-9-3-1-8(2-4-9)6-19-15(25)12-13(24)16(26)21-14(20-12)11-5-10(23)7-22(11)17(27)28/h1-4,10-11,23-24H,5-7H2,(H,19,25)(H,27,28)(H,20,21,26)/t10-,11+/m1/s1. The molecule has 1 aromatic carbocycles. The number of carbonyl (C=O) groups excluding carboxylic acids is 1. The second kappa shape index (κ2) is 7.64. The van der Waals surface area contributed by atoms with Crippen LogP contribution in [0.4, 0.5) is 9.18 Å². The molecule has 0 spiro atoms. The van der Waals surface area contributed by atoms with Crippen LogP contribution in [0.1, 0.15) is 34.3 Å². The normalized spacial score (nSPS) is 18.9. The summed E-state index contributed by atoms with van der Waals surface area (Å²) in [5, 5.41) is 31.3. The van der Waals surface area contributed by atoms with Crippen LogP contribution in [0.2, 0.25) is 0 Å². The zero-order valence-electron chi connectivity index (χ0n) is 14.4. The molecule has 5 N–H and O–H groups in total. The summed E-state index contributed by atoms with van der Waals surface area (Å²) < 4.78 is 12.9. The number of hydrogen-bond acceptors (Lipinski definition) is 6. The van der Waals surface area contributed by atoms with E-state index in [0.717, 1.165) is 4.90 Å². The van der Waals surface area contributed by atoms with E-state index in [1.165, 1.54) is 24.3 Å². The highest BCUT2D eigenvalue weighted by Gasteiger charge is 2.37. The van der Waals surface area contributed by atoms with Gasteiger partial charge in [0.1, 0.15) is 11.6 Å². The molecular weight excluding hydrogens is 375 g/mol. The van der Waals surface area contributed by atoms with Crippen LogP contribution in [0.5, 0.6) is 5.75 Å². The summed E-state index contributed by atoms with van der Waals surface area (Å²) in [5.74, 6) is -2.38. The molecule has 2 aromatic rings. The number of H-pyrrole nitrogens is 1. The lowest BCUT2D eigenvalue weighted by atomic mass is 10.1. The molecule has 2 amide bonds. The fourth-order valence-corrected chi connectivity index (χ4v) is 2.95. The Morgan fingerprint density at radius 2 is 2.00 bits per heavy atom. The van der Waals surface area contributed by atoms with Crippen LogP contribution in [0.15, 0.2) is 29.1 Å². The number of aliphatic hydroxyl groups excluding tert-OH is 1. The van der Waals surface area contributed by atoms with Gasteiger partial charge in [0, 0.05) is 13.0 Å². The molecular formula is C17H17FN4O6. The van der Waals surface area contributed by atoms with Crippen molar-refractivity contribution < 1.29 is 29.3 Å². The molecule has 2 heterocycles. The average Bonchev–Trinajstić information content (AvgIpc) is 3.05. The second-order valence-corrected chi connectivity index (χ2v) is 6.30. The van der Waals surface area contributed by atoms with Crippen molar-refractivity contribution in [2.75, 3.05) is 6.54 Å². The van der Waals surface area contributed by atoms with Gasteiger partial charge in [-0.15, -0.1) is 0 Å². The summed E-state index contributed by atoms with van der Waals surface area (Å²) >= 11 is 0. The minimum Gasteiger partial charge on any atom is -0.501 e. The van der Waals surface area contributed by atoms with Gasteiger partial charge in [-0.1, -0.05) is 12.1 Å². The van der Waals surface area contributed by atoms with Crippen LogP contribution in [0.3, 0.4) is 0 Å². The number of nitrogens with one attached hydrogen (secondary N) is 2. The number of β-amino-alcohol motifs (C(OH)–C–C–N with tert-alkyl or cyclic N) is 1. The van der Waals surface area contributed by atoms with E-state index in [4.69, 9.17) is 0 Å². The zero-order chi connectivity index (χ0) is 20.4. The molecule has 148 valence electrons. The number of aliphatic hydroxyl groups is 1. The Bertz CT molecular complexity index is 961. The second-order valence-electron chi connectivity index (χ2n) is 6.30. The van der Waals surface area contributed by atoms with Crippen molar-refractivity contribution >= 4 is 12.0 Å². The molecule has 28 heavy (non-hydrogen) atoms. The van der Waals surface area contributed by atoms with Gasteiger partial charge in [-0.2, -0.15) is 0 Å². The first kappa shape index (κ1) is 19.3. The Kier molecular flexibility index (Phi) is 5.27. The van der Waals surface area contributed by atoms with Gasteiger partial charge in [0.25, 0.3) is 11.5 Å². The Morgan fingerprint density at radius 3 is 2.64 bits per heavy atom. The topological polar surface area (TPSA) is 156 Å². The number of halogens is 1. The van der Waals surface area contributed by atoms with Crippen LogP contribution in [-0.4, -0.2) is 54.8 Å². The van der Waals surface area contributed by atoms with E-state index in [2.05, 4.69) is 15.3 Å². The number of carboxylic acid groups (broad SMARTS) is 1. The first-order chi connectivity index (χ1) is 13.3. The number of carbonyl (C=O) groups is 2. The summed E-state index contributed by atoms with van der Waals surface area (Å²) in [5.41, 5.74) is -1.01. The molecule has 11 heteroatoms. The highest BCUT2D eigenvalue weighted by molar-refractivity contribution is 5.94. The van der Waals surface area contributed by atoms with Crippen molar-refractivity contribution in [2.45, 2.75) is 25.1 Å². The lowest BCUT2D eigenvalue weighted by molar-refractivity contribution is 0.0941. The predicted octanol–water partition coefficient (Wildman–Crippen LogP) is 0.330. The van der Waals surface area contributed by atoms with Crippen molar-refractivity contribution in [1.29, 1.82) is 0 Å². The van der Waals surface area contributed by atoms with Crippen LogP contribution in [0, 0.1) is 5.82 Å². The molecule has 1 aliphatic rings. The minimum atomic E-state index is -1.32. The number of nitrogens with zero attached hydrogens (tertiary/aromatic N) is 2. The van der Waals surface area contributed by atoms with E-state index < -0.39 is 47.0 Å². The van der Waals surface area contributed by atoms with Crippen molar-refractivity contribution in [2.24, 2.45) is 0 Å². The van der Waals surface area contributed by atoms with Gasteiger partial charge in [-0.25, -0.2) is 14.2 Å². The first-order valence-corrected chi connectivity index (χ1v) is 8.29.